The molecule has 8 heteroatoms. The Labute approximate surface area is 216 Å². The van der Waals surface area contributed by atoms with Gasteiger partial charge in [0.05, 0.1) is 0 Å². The van der Waals surface area contributed by atoms with Crippen molar-refractivity contribution in [2.75, 3.05) is 25.0 Å². The van der Waals surface area contributed by atoms with Crippen molar-refractivity contribution in [3.05, 3.63) is 28.3 Å². The first-order chi connectivity index (χ1) is 13.5. The van der Waals surface area contributed by atoms with Gasteiger partial charge >= 0.3 is 6.03 Å². The number of carbonyl (C=O) groups excluding carboxylic acids is 1. The number of anilines is 1. The van der Waals surface area contributed by atoms with Gasteiger partial charge in [0.25, 0.3) is 0 Å². The molecule has 1 aliphatic heterocycles. The quantitative estimate of drug-likeness (QED) is 0.686. The summed E-state index contributed by atoms with van der Waals surface area (Å²) in [6.45, 7) is 2.07. The molecule has 0 unspecified atom stereocenters. The minimum atomic E-state index is -3.63. The van der Waals surface area contributed by atoms with Crippen LogP contribution in [0.2, 0.25) is 0 Å². The van der Waals surface area contributed by atoms with Gasteiger partial charge in [-0.05, 0) is 79.5 Å². The molecule has 5 rings (SSSR count). The van der Waals surface area contributed by atoms with E-state index in [4.69, 9.17) is 0 Å². The van der Waals surface area contributed by atoms with Crippen LogP contribution in [0, 0.1) is 5.92 Å². The topological polar surface area (TPSA) is 78.5 Å². The molecule has 0 bridgehead atoms. The maximum absolute atomic E-state index is 12.6. The number of likely N-dealkylation sites (tertiary alicyclic amines) is 1. The fourth-order valence-electron chi connectivity index (χ4n) is 5.23. The van der Waals surface area contributed by atoms with Crippen molar-refractivity contribution in [1.29, 1.82) is 0 Å². The van der Waals surface area contributed by atoms with Gasteiger partial charge in [-0.15, -0.1) is 0 Å². The van der Waals surface area contributed by atoms with Crippen LogP contribution >= 0.6 is 0 Å². The van der Waals surface area contributed by atoms with Gasteiger partial charge in [0, 0.05) is 76.7 Å². The SMILES string of the molecule is O=C(Nc1c2c(cc3c1CCC3)CCC2)NS(=O)(=O)C1CN(CC2CCC2)C1.[K]. The Morgan fingerprint density at radius 2 is 1.62 bits per heavy atom. The van der Waals surface area contributed by atoms with E-state index >= 15 is 0 Å². The van der Waals surface area contributed by atoms with E-state index < -0.39 is 21.3 Å². The number of benzene rings is 1. The molecule has 3 aliphatic carbocycles. The summed E-state index contributed by atoms with van der Waals surface area (Å²) in [6.07, 6.45) is 10.1. The van der Waals surface area contributed by atoms with Crippen LogP contribution in [0.3, 0.4) is 0 Å². The molecule has 1 aromatic carbocycles. The van der Waals surface area contributed by atoms with E-state index in [9.17, 15) is 13.2 Å². The molecule has 1 heterocycles. The fourth-order valence-corrected chi connectivity index (χ4v) is 6.52. The zero-order valence-electron chi connectivity index (χ0n) is 17.3. The van der Waals surface area contributed by atoms with Crippen LogP contribution in [0.15, 0.2) is 6.07 Å². The Bertz CT molecular complexity index is 876. The summed E-state index contributed by atoms with van der Waals surface area (Å²) >= 11 is 0. The number of rotatable bonds is 5. The minimum Gasteiger partial charge on any atom is -0.307 e. The van der Waals surface area contributed by atoms with E-state index in [0.29, 0.717) is 13.1 Å². The number of aryl methyl sites for hydroxylation is 2. The number of nitrogens with zero attached hydrogens (tertiary/aromatic N) is 1. The first-order valence-corrected chi connectivity index (χ1v) is 12.3. The van der Waals surface area contributed by atoms with Crippen LogP contribution in [-0.4, -0.2) is 95.6 Å². The standard InChI is InChI=1S/C21H29N3O3S.K/c25-21(23-28(26,27)17-12-24(13-17)11-14-4-1-5-14)22-20-18-8-2-6-15(18)10-16-7-3-9-19(16)20;/h10,14,17H,1-9,11-13H2,(H2,22,23,25);. The second-order valence-corrected chi connectivity index (χ2v) is 10.9. The van der Waals surface area contributed by atoms with Gasteiger partial charge in [-0.3, -0.25) is 0 Å². The third-order valence-corrected chi connectivity index (χ3v) is 8.70. The van der Waals surface area contributed by atoms with Crippen LogP contribution in [0.4, 0.5) is 10.5 Å². The van der Waals surface area contributed by atoms with E-state index in [1.807, 2.05) is 0 Å². The zero-order chi connectivity index (χ0) is 19.3. The molecule has 2 fully saturated rings. The van der Waals surface area contributed by atoms with Crippen LogP contribution in [0.5, 0.6) is 0 Å². The third-order valence-electron chi connectivity index (χ3n) is 7.05. The van der Waals surface area contributed by atoms with Crippen molar-refractivity contribution in [2.45, 2.75) is 63.0 Å². The molecular weight excluding hydrogens is 413 g/mol. The summed E-state index contributed by atoms with van der Waals surface area (Å²) in [4.78, 5) is 14.8. The van der Waals surface area contributed by atoms with E-state index in [0.717, 1.165) is 56.7 Å². The van der Waals surface area contributed by atoms with Crippen molar-refractivity contribution >= 4 is 73.1 Å². The van der Waals surface area contributed by atoms with Crippen LogP contribution < -0.4 is 10.0 Å². The smallest absolute Gasteiger partial charge is 0.307 e. The molecule has 1 saturated carbocycles. The Kier molecular flexibility index (Phi) is 6.81. The summed E-state index contributed by atoms with van der Waals surface area (Å²) in [7, 11) is -3.63. The molecule has 29 heavy (non-hydrogen) atoms. The predicted octanol–water partition coefficient (Wildman–Crippen LogP) is 2.22. The van der Waals surface area contributed by atoms with Gasteiger partial charge in [0.15, 0.2) is 0 Å². The molecule has 0 aromatic heterocycles. The van der Waals surface area contributed by atoms with Crippen molar-refractivity contribution in [3.8, 4) is 0 Å². The average molecular weight is 443 g/mol. The number of nitrogens with one attached hydrogen (secondary N) is 2. The normalized spacial score (nSPS) is 21.5. The Hall–Kier alpha value is 0.0364. The fraction of sp³-hybridized carbons (Fsp3) is 0.667. The monoisotopic (exact) mass is 442 g/mol. The Balaban J connectivity index is 0.00000205. The van der Waals surface area contributed by atoms with Crippen LogP contribution in [-0.2, 0) is 35.7 Å². The molecule has 0 spiro atoms. The molecule has 0 atom stereocenters. The van der Waals surface area contributed by atoms with Gasteiger partial charge in [-0.2, -0.15) is 0 Å². The van der Waals surface area contributed by atoms with Crippen molar-refractivity contribution in [2.24, 2.45) is 5.92 Å². The number of sulfonamides is 1. The molecule has 153 valence electrons. The third kappa shape index (κ3) is 4.49. The van der Waals surface area contributed by atoms with E-state index in [1.54, 1.807) is 0 Å². The maximum Gasteiger partial charge on any atom is 0.332 e. The molecule has 2 amide bonds. The average Bonchev–Trinajstić information content (AvgIpc) is 3.19. The molecular formula is C21H29KN3O3S. The number of carbonyl (C=O) groups is 1. The van der Waals surface area contributed by atoms with E-state index in [1.165, 1.54) is 41.5 Å². The number of amides is 2. The summed E-state index contributed by atoms with van der Waals surface area (Å²) in [6, 6.07) is 1.70. The first kappa shape index (κ1) is 22.2. The summed E-state index contributed by atoms with van der Waals surface area (Å²) in [5, 5.41) is 2.44. The van der Waals surface area contributed by atoms with Crippen molar-refractivity contribution in [1.82, 2.24) is 9.62 Å². The largest absolute Gasteiger partial charge is 0.332 e. The van der Waals surface area contributed by atoms with Gasteiger partial charge in [0.1, 0.15) is 5.25 Å². The molecule has 4 aliphatic rings. The van der Waals surface area contributed by atoms with Crippen LogP contribution in [0.25, 0.3) is 0 Å². The minimum absolute atomic E-state index is 0. The van der Waals surface area contributed by atoms with Gasteiger partial charge in [-0.1, -0.05) is 12.5 Å². The molecule has 1 saturated heterocycles. The Morgan fingerprint density at radius 1 is 1.00 bits per heavy atom. The van der Waals surface area contributed by atoms with E-state index in [-0.39, 0.29) is 51.4 Å². The van der Waals surface area contributed by atoms with Gasteiger partial charge in [0.2, 0.25) is 10.0 Å². The second kappa shape index (κ2) is 8.88. The molecule has 6 nitrogen and oxygen atoms in total. The van der Waals surface area contributed by atoms with Crippen LogP contribution in [0.1, 0.15) is 54.4 Å². The predicted molar refractivity (Wildman–Crippen MR) is 115 cm³/mol. The van der Waals surface area contributed by atoms with Crippen molar-refractivity contribution in [3.63, 3.8) is 0 Å². The van der Waals surface area contributed by atoms with E-state index in [2.05, 4.69) is 21.0 Å². The number of fused-ring (bicyclic) bond motifs is 2. The Morgan fingerprint density at radius 3 is 2.17 bits per heavy atom. The molecule has 2 N–H and O–H groups in total. The first-order valence-electron chi connectivity index (χ1n) is 10.7. The van der Waals surface area contributed by atoms with Gasteiger partial charge < -0.3 is 10.2 Å². The summed E-state index contributed by atoms with van der Waals surface area (Å²) < 4.78 is 27.5. The maximum atomic E-state index is 12.6. The zero-order valence-corrected chi connectivity index (χ0v) is 21.2. The molecule has 1 radical (unpaired) electrons. The number of hydrogen-bond acceptors (Lipinski definition) is 4. The summed E-state index contributed by atoms with van der Waals surface area (Å²) in [5.74, 6) is 0.738. The molecule has 1 aromatic rings. The summed E-state index contributed by atoms with van der Waals surface area (Å²) in [5.41, 5.74) is 5.95. The van der Waals surface area contributed by atoms with Crippen molar-refractivity contribution < 1.29 is 13.2 Å². The number of hydrogen-bond donors (Lipinski definition) is 2. The van der Waals surface area contributed by atoms with Gasteiger partial charge in [-0.25, -0.2) is 17.9 Å². The number of urea groups is 1. The second-order valence-electron chi connectivity index (χ2n) is 8.97.